The molecular weight excluding hydrogens is 450 g/mol. The average Bonchev–Trinajstić information content (AvgIpc) is 2.89. The predicted octanol–water partition coefficient (Wildman–Crippen LogP) is 2.67. The smallest absolute Gasteiger partial charge is 0.343 e. The van der Waals surface area contributed by atoms with Gasteiger partial charge in [-0.15, -0.1) is 0 Å². The number of aromatic hydroxyl groups is 1. The van der Waals surface area contributed by atoms with E-state index < -0.39 is 5.63 Å². The largest absolute Gasteiger partial charge is 0.507 e. The molecule has 0 unspecified atom stereocenters. The van der Waals surface area contributed by atoms with Crippen LogP contribution in [0.5, 0.6) is 23.0 Å². The molecule has 0 saturated carbocycles. The fraction of sp³-hybridized carbons (Fsp3) is 0.577. The van der Waals surface area contributed by atoms with E-state index >= 15 is 0 Å². The van der Waals surface area contributed by atoms with Gasteiger partial charge in [-0.2, -0.15) is 0 Å². The quantitative estimate of drug-likeness (QED) is 0.574. The molecule has 2 aliphatic rings. The van der Waals surface area contributed by atoms with Crippen LogP contribution in [0.4, 0.5) is 0 Å². The number of hydrogen-bond acceptors (Lipinski definition) is 9. The van der Waals surface area contributed by atoms with Crippen LogP contribution in [0.25, 0.3) is 0 Å². The minimum atomic E-state index is -0.456. The zero-order valence-electron chi connectivity index (χ0n) is 21.0. The lowest BCUT2D eigenvalue weighted by atomic mass is 10.1. The number of piperidine rings is 1. The van der Waals surface area contributed by atoms with Crippen LogP contribution in [-0.2, 0) is 19.6 Å². The van der Waals surface area contributed by atoms with Crippen molar-refractivity contribution < 1.29 is 23.7 Å². The highest BCUT2D eigenvalue weighted by Crippen LogP contribution is 2.40. The SMILES string of the molecule is COc1ccc(CN2CCN(Cc3c(O)c(CN4CCCCC4)coc3=O)CC2)c(OC)c1OC. The van der Waals surface area contributed by atoms with Gasteiger partial charge < -0.3 is 23.7 Å². The molecule has 35 heavy (non-hydrogen) atoms. The number of piperazine rings is 1. The van der Waals surface area contributed by atoms with Crippen LogP contribution in [0.2, 0.25) is 0 Å². The number of ether oxygens (including phenoxy) is 3. The van der Waals surface area contributed by atoms with Crippen molar-refractivity contribution in [2.24, 2.45) is 0 Å². The Hall–Kier alpha value is -2.75. The van der Waals surface area contributed by atoms with E-state index in [1.165, 1.54) is 25.5 Å². The molecular formula is C26H37N3O6. The molecule has 3 heterocycles. The second-order valence-electron chi connectivity index (χ2n) is 9.26. The summed E-state index contributed by atoms with van der Waals surface area (Å²) in [5.74, 6) is 2.00. The fourth-order valence-electron chi connectivity index (χ4n) is 5.01. The molecule has 0 amide bonds. The van der Waals surface area contributed by atoms with Crippen molar-refractivity contribution in [2.75, 3.05) is 60.6 Å². The van der Waals surface area contributed by atoms with Crippen LogP contribution in [0.1, 0.15) is 36.0 Å². The molecule has 0 bridgehead atoms. The summed E-state index contributed by atoms with van der Waals surface area (Å²) in [5, 5.41) is 10.9. The maximum atomic E-state index is 12.4. The van der Waals surface area contributed by atoms with Crippen LogP contribution < -0.4 is 19.8 Å². The van der Waals surface area contributed by atoms with Gasteiger partial charge in [0.2, 0.25) is 5.75 Å². The van der Waals surface area contributed by atoms with Gasteiger partial charge in [0, 0.05) is 56.9 Å². The number of methoxy groups -OCH3 is 3. The highest BCUT2D eigenvalue weighted by atomic mass is 16.5. The third-order valence-corrected chi connectivity index (χ3v) is 7.01. The molecule has 4 rings (SSSR count). The van der Waals surface area contributed by atoms with Gasteiger partial charge in [-0.25, -0.2) is 4.79 Å². The van der Waals surface area contributed by atoms with Crippen LogP contribution in [0.3, 0.4) is 0 Å². The molecule has 9 heteroatoms. The van der Waals surface area contributed by atoms with Gasteiger partial charge >= 0.3 is 5.63 Å². The molecule has 2 aromatic rings. The van der Waals surface area contributed by atoms with Crippen LogP contribution in [0.15, 0.2) is 27.6 Å². The Balaban J connectivity index is 1.38. The third-order valence-electron chi connectivity index (χ3n) is 7.01. The topological polar surface area (TPSA) is 87.9 Å². The van der Waals surface area contributed by atoms with E-state index in [1.54, 1.807) is 21.3 Å². The number of hydrogen-bond donors (Lipinski definition) is 1. The van der Waals surface area contributed by atoms with Crippen molar-refractivity contribution in [2.45, 2.75) is 38.9 Å². The van der Waals surface area contributed by atoms with Crippen molar-refractivity contribution in [3.05, 3.63) is 45.5 Å². The molecule has 1 aromatic heterocycles. The first-order valence-corrected chi connectivity index (χ1v) is 12.3. The lowest BCUT2D eigenvalue weighted by Crippen LogP contribution is -2.45. The Labute approximate surface area is 206 Å². The van der Waals surface area contributed by atoms with Crippen LogP contribution in [0, 0.1) is 0 Å². The summed E-state index contributed by atoms with van der Waals surface area (Å²) in [4.78, 5) is 19.3. The number of rotatable bonds is 9. The van der Waals surface area contributed by atoms with Gasteiger partial charge in [-0.3, -0.25) is 14.7 Å². The van der Waals surface area contributed by atoms with Crippen LogP contribution >= 0.6 is 0 Å². The molecule has 9 nitrogen and oxygen atoms in total. The standard InChI is InChI=1S/C26H37N3O6/c1-32-22-8-7-19(24(33-2)25(22)34-3)15-28-11-13-29(14-12-28)17-21-23(30)20(18-35-26(21)31)16-27-9-5-4-6-10-27/h7-8,18,30H,4-6,9-17H2,1-3H3. The predicted molar refractivity (Wildman–Crippen MR) is 132 cm³/mol. The normalized spacial score (nSPS) is 17.9. The first-order chi connectivity index (χ1) is 17.0. The average molecular weight is 488 g/mol. The summed E-state index contributed by atoms with van der Waals surface area (Å²) in [6, 6.07) is 3.90. The monoisotopic (exact) mass is 487 g/mol. The lowest BCUT2D eigenvalue weighted by Gasteiger charge is -2.35. The van der Waals surface area contributed by atoms with Crippen molar-refractivity contribution in [3.8, 4) is 23.0 Å². The molecule has 2 saturated heterocycles. The van der Waals surface area contributed by atoms with Crippen molar-refractivity contribution in [1.29, 1.82) is 0 Å². The second kappa shape index (κ2) is 11.8. The van der Waals surface area contributed by atoms with Gasteiger partial charge in [0.1, 0.15) is 12.0 Å². The molecule has 2 aliphatic heterocycles. The summed E-state index contributed by atoms with van der Waals surface area (Å²) in [6.07, 6.45) is 5.01. The molecule has 192 valence electrons. The van der Waals surface area contributed by atoms with Gasteiger partial charge in [0.25, 0.3) is 0 Å². The molecule has 1 aromatic carbocycles. The fourth-order valence-corrected chi connectivity index (χ4v) is 5.01. The summed E-state index contributed by atoms with van der Waals surface area (Å²) in [6.45, 7) is 6.97. The highest BCUT2D eigenvalue weighted by molar-refractivity contribution is 5.55. The number of nitrogens with zero attached hydrogens (tertiary/aromatic N) is 3. The Bertz CT molecular complexity index is 1040. The minimum Gasteiger partial charge on any atom is -0.507 e. The van der Waals surface area contributed by atoms with E-state index in [0.717, 1.165) is 51.4 Å². The maximum Gasteiger partial charge on any atom is 0.343 e. The second-order valence-corrected chi connectivity index (χ2v) is 9.26. The van der Waals surface area contributed by atoms with Gasteiger partial charge in [-0.05, 0) is 32.0 Å². The number of benzene rings is 1. The van der Waals surface area contributed by atoms with Crippen molar-refractivity contribution in [3.63, 3.8) is 0 Å². The van der Waals surface area contributed by atoms with E-state index in [0.29, 0.717) is 41.5 Å². The molecule has 0 aliphatic carbocycles. The summed E-state index contributed by atoms with van der Waals surface area (Å²) >= 11 is 0. The zero-order valence-corrected chi connectivity index (χ0v) is 21.0. The molecule has 0 radical (unpaired) electrons. The Kier molecular flexibility index (Phi) is 8.54. The molecule has 0 atom stereocenters. The Morgan fingerprint density at radius 2 is 1.37 bits per heavy atom. The van der Waals surface area contributed by atoms with Gasteiger partial charge in [-0.1, -0.05) is 12.5 Å². The third kappa shape index (κ3) is 5.91. The molecule has 2 fully saturated rings. The lowest BCUT2D eigenvalue weighted by molar-refractivity contribution is 0.119. The maximum absolute atomic E-state index is 12.4. The van der Waals surface area contributed by atoms with Crippen LogP contribution in [-0.4, -0.2) is 80.4 Å². The van der Waals surface area contributed by atoms with E-state index in [1.807, 2.05) is 12.1 Å². The molecule has 0 spiro atoms. The van der Waals surface area contributed by atoms with E-state index in [4.69, 9.17) is 18.6 Å². The van der Waals surface area contributed by atoms with E-state index in [2.05, 4.69) is 14.7 Å². The molecule has 1 N–H and O–H groups in total. The van der Waals surface area contributed by atoms with E-state index in [9.17, 15) is 9.90 Å². The summed E-state index contributed by atoms with van der Waals surface area (Å²) in [7, 11) is 4.85. The zero-order chi connectivity index (χ0) is 24.8. The minimum absolute atomic E-state index is 0.0873. The summed E-state index contributed by atoms with van der Waals surface area (Å²) in [5.41, 5.74) is 1.62. The first kappa shape index (κ1) is 25.3. The Morgan fingerprint density at radius 1 is 0.771 bits per heavy atom. The first-order valence-electron chi connectivity index (χ1n) is 12.3. The van der Waals surface area contributed by atoms with Crippen molar-refractivity contribution >= 4 is 0 Å². The summed E-state index contributed by atoms with van der Waals surface area (Å²) < 4.78 is 21.8. The van der Waals surface area contributed by atoms with Gasteiger partial charge in [0.05, 0.1) is 26.9 Å². The Morgan fingerprint density at radius 3 is 2.00 bits per heavy atom. The number of likely N-dealkylation sites (tertiary alicyclic amines) is 1. The van der Waals surface area contributed by atoms with Crippen molar-refractivity contribution in [1.82, 2.24) is 14.7 Å². The van der Waals surface area contributed by atoms with Gasteiger partial charge in [0.15, 0.2) is 11.5 Å². The highest BCUT2D eigenvalue weighted by Gasteiger charge is 2.24. The van der Waals surface area contributed by atoms with E-state index in [-0.39, 0.29) is 5.75 Å².